The Balaban J connectivity index is 1.90. The van der Waals surface area contributed by atoms with Gasteiger partial charge in [0.2, 0.25) is 0 Å². The van der Waals surface area contributed by atoms with Gasteiger partial charge in [-0.1, -0.05) is 0 Å². The molecule has 10 nitrogen and oxygen atoms in total. The number of aliphatic hydroxyl groups excluding tert-OH is 2. The maximum atomic E-state index is 11.8. The molecular formula is C12H14N2O8. The van der Waals surface area contributed by atoms with Gasteiger partial charge in [-0.2, -0.15) is 0 Å². The summed E-state index contributed by atoms with van der Waals surface area (Å²) in [6.07, 6.45) is -6.07. The van der Waals surface area contributed by atoms with Gasteiger partial charge in [-0.15, -0.1) is 0 Å². The number of carbonyl (C=O) groups is 1. The van der Waals surface area contributed by atoms with Crippen LogP contribution in [0.3, 0.4) is 0 Å². The number of H-pyrrole nitrogens is 1. The zero-order chi connectivity index (χ0) is 16.0. The van der Waals surface area contributed by atoms with Crippen LogP contribution in [0.25, 0.3) is 0 Å². The van der Waals surface area contributed by atoms with Crippen molar-refractivity contribution in [3.63, 3.8) is 0 Å². The van der Waals surface area contributed by atoms with Crippen molar-refractivity contribution in [3.8, 4) is 0 Å². The number of rotatable bonds is 2. The van der Waals surface area contributed by atoms with E-state index >= 15 is 0 Å². The van der Waals surface area contributed by atoms with E-state index in [1.807, 2.05) is 4.98 Å². The van der Waals surface area contributed by atoms with Gasteiger partial charge in [0.1, 0.15) is 18.3 Å². The molecule has 3 rings (SSSR count). The summed E-state index contributed by atoms with van der Waals surface area (Å²) in [7, 11) is 0. The van der Waals surface area contributed by atoms with Gasteiger partial charge in [-0.05, 0) is 0 Å². The fourth-order valence-corrected chi connectivity index (χ4v) is 2.76. The Morgan fingerprint density at radius 3 is 2.64 bits per heavy atom. The van der Waals surface area contributed by atoms with E-state index in [9.17, 15) is 24.6 Å². The molecule has 0 saturated carbocycles. The molecule has 6 atom stereocenters. The number of hydrogen-bond acceptors (Lipinski definition) is 7. The Bertz CT molecular complexity index is 697. The summed E-state index contributed by atoms with van der Waals surface area (Å²) in [5.41, 5.74) is -1.40. The SMILES string of the molecule is O=C(O)C1CC(O)C2OC(n3ccc(=O)[nH]c3=O)C(O)C2O1. The second-order valence-corrected chi connectivity index (χ2v) is 5.23. The molecule has 2 aliphatic rings. The molecule has 0 amide bonds. The molecule has 0 bridgehead atoms. The Morgan fingerprint density at radius 2 is 2.00 bits per heavy atom. The van der Waals surface area contributed by atoms with Gasteiger partial charge < -0.3 is 24.8 Å². The van der Waals surface area contributed by atoms with Crippen molar-refractivity contribution >= 4 is 5.97 Å². The predicted molar refractivity (Wildman–Crippen MR) is 68.2 cm³/mol. The lowest BCUT2D eigenvalue weighted by atomic mass is 9.96. The summed E-state index contributed by atoms with van der Waals surface area (Å²) >= 11 is 0. The number of carboxylic acids is 1. The molecule has 2 fully saturated rings. The van der Waals surface area contributed by atoms with E-state index in [4.69, 9.17) is 14.6 Å². The van der Waals surface area contributed by atoms with Gasteiger partial charge in [0, 0.05) is 18.7 Å². The second kappa shape index (κ2) is 5.32. The Labute approximate surface area is 122 Å². The molecule has 10 heteroatoms. The number of aliphatic hydroxyl groups is 2. The molecular weight excluding hydrogens is 300 g/mol. The summed E-state index contributed by atoms with van der Waals surface area (Å²) in [5, 5.41) is 29.2. The fraction of sp³-hybridized carbons (Fsp3) is 0.583. The van der Waals surface area contributed by atoms with Crippen molar-refractivity contribution in [3.05, 3.63) is 33.1 Å². The maximum Gasteiger partial charge on any atom is 0.332 e. The van der Waals surface area contributed by atoms with Crippen molar-refractivity contribution in [2.24, 2.45) is 0 Å². The van der Waals surface area contributed by atoms with Crippen LogP contribution >= 0.6 is 0 Å². The van der Waals surface area contributed by atoms with Crippen LogP contribution in [0, 0.1) is 0 Å². The highest BCUT2D eigenvalue weighted by Crippen LogP contribution is 2.37. The van der Waals surface area contributed by atoms with Crippen LogP contribution in [0.15, 0.2) is 21.9 Å². The first-order valence-corrected chi connectivity index (χ1v) is 6.60. The fourth-order valence-electron chi connectivity index (χ4n) is 2.76. The summed E-state index contributed by atoms with van der Waals surface area (Å²) in [5.74, 6) is -1.26. The van der Waals surface area contributed by atoms with Gasteiger partial charge in [0.25, 0.3) is 5.56 Å². The lowest BCUT2D eigenvalue weighted by Gasteiger charge is -2.33. The van der Waals surface area contributed by atoms with Crippen LogP contribution in [0.4, 0.5) is 0 Å². The number of aromatic nitrogens is 2. The predicted octanol–water partition coefficient (Wildman–Crippen LogP) is -2.60. The topological polar surface area (TPSA) is 151 Å². The average Bonchev–Trinajstić information content (AvgIpc) is 2.77. The highest BCUT2D eigenvalue weighted by Gasteiger charge is 2.53. The number of carboxylic acid groups (broad SMARTS) is 1. The first kappa shape index (κ1) is 14.9. The zero-order valence-corrected chi connectivity index (χ0v) is 11.2. The van der Waals surface area contributed by atoms with Crippen molar-refractivity contribution in [2.45, 2.75) is 43.2 Å². The highest BCUT2D eigenvalue weighted by atomic mass is 16.6. The van der Waals surface area contributed by atoms with E-state index in [0.29, 0.717) is 0 Å². The molecule has 1 aromatic rings. The monoisotopic (exact) mass is 314 g/mol. The average molecular weight is 314 g/mol. The van der Waals surface area contributed by atoms with Gasteiger partial charge in [0.05, 0.1) is 6.10 Å². The quantitative estimate of drug-likeness (QED) is 0.464. The molecule has 22 heavy (non-hydrogen) atoms. The Kier molecular flexibility index (Phi) is 3.60. The first-order valence-electron chi connectivity index (χ1n) is 6.60. The van der Waals surface area contributed by atoms with Crippen molar-refractivity contribution in [1.29, 1.82) is 0 Å². The van der Waals surface area contributed by atoms with E-state index in [1.54, 1.807) is 0 Å². The Morgan fingerprint density at radius 1 is 1.27 bits per heavy atom. The Hall–Kier alpha value is -2.01. The summed E-state index contributed by atoms with van der Waals surface area (Å²) in [6.45, 7) is 0. The first-order chi connectivity index (χ1) is 10.4. The molecule has 1 aromatic heterocycles. The third-order valence-corrected chi connectivity index (χ3v) is 3.81. The summed E-state index contributed by atoms with van der Waals surface area (Å²) in [4.78, 5) is 35.8. The van der Waals surface area contributed by atoms with E-state index in [-0.39, 0.29) is 6.42 Å². The smallest absolute Gasteiger partial charge is 0.332 e. The lowest BCUT2D eigenvalue weighted by molar-refractivity contribution is -0.187. The number of nitrogens with one attached hydrogen (secondary N) is 1. The van der Waals surface area contributed by atoms with E-state index in [1.165, 1.54) is 0 Å². The number of ether oxygens (including phenoxy) is 2. The van der Waals surface area contributed by atoms with Gasteiger partial charge in [-0.3, -0.25) is 14.3 Å². The molecule has 2 aliphatic heterocycles. The minimum atomic E-state index is -1.37. The van der Waals surface area contributed by atoms with Gasteiger partial charge in [-0.25, -0.2) is 9.59 Å². The zero-order valence-electron chi connectivity index (χ0n) is 11.2. The van der Waals surface area contributed by atoms with E-state index < -0.39 is 54.0 Å². The summed E-state index contributed by atoms with van der Waals surface area (Å²) in [6, 6.07) is 1.08. The van der Waals surface area contributed by atoms with Crippen LogP contribution in [0.1, 0.15) is 12.6 Å². The normalized spacial score (nSPS) is 37.7. The molecule has 2 saturated heterocycles. The van der Waals surface area contributed by atoms with Crippen LogP contribution in [-0.4, -0.2) is 61.4 Å². The van der Waals surface area contributed by atoms with E-state index in [2.05, 4.69) is 0 Å². The van der Waals surface area contributed by atoms with Crippen LogP contribution < -0.4 is 11.2 Å². The molecule has 4 N–H and O–H groups in total. The lowest BCUT2D eigenvalue weighted by Crippen LogP contribution is -2.51. The number of aliphatic carboxylic acids is 1. The van der Waals surface area contributed by atoms with Crippen LogP contribution in [0.2, 0.25) is 0 Å². The third kappa shape index (κ3) is 2.35. The van der Waals surface area contributed by atoms with Crippen LogP contribution in [-0.2, 0) is 14.3 Å². The molecule has 6 unspecified atom stereocenters. The standard InChI is InChI=1S/C12H14N2O8/c15-4-3-5(11(18)19)21-9-7(17)10(22-8(4)9)14-2-1-6(16)13-12(14)20/h1-2,4-5,7-10,15,17H,3H2,(H,18,19)(H,13,16,20). The third-order valence-electron chi connectivity index (χ3n) is 3.81. The van der Waals surface area contributed by atoms with Gasteiger partial charge in [0.15, 0.2) is 12.3 Å². The van der Waals surface area contributed by atoms with Gasteiger partial charge >= 0.3 is 11.7 Å². The van der Waals surface area contributed by atoms with Crippen molar-refractivity contribution < 1.29 is 29.6 Å². The second-order valence-electron chi connectivity index (χ2n) is 5.23. The number of fused-ring (bicyclic) bond motifs is 1. The molecule has 0 aromatic carbocycles. The van der Waals surface area contributed by atoms with Crippen molar-refractivity contribution in [2.75, 3.05) is 0 Å². The number of aromatic amines is 1. The number of hydrogen-bond donors (Lipinski definition) is 4. The summed E-state index contributed by atoms with van der Waals surface area (Å²) < 4.78 is 11.7. The molecule has 0 radical (unpaired) electrons. The molecule has 120 valence electrons. The minimum Gasteiger partial charge on any atom is -0.479 e. The maximum absolute atomic E-state index is 11.8. The molecule has 0 aliphatic carbocycles. The van der Waals surface area contributed by atoms with Crippen LogP contribution in [0.5, 0.6) is 0 Å². The largest absolute Gasteiger partial charge is 0.479 e. The molecule has 0 spiro atoms. The number of nitrogens with zero attached hydrogens (tertiary/aromatic N) is 1. The minimum absolute atomic E-state index is 0.184. The highest BCUT2D eigenvalue weighted by molar-refractivity contribution is 5.72. The van der Waals surface area contributed by atoms with E-state index in [0.717, 1.165) is 16.8 Å². The van der Waals surface area contributed by atoms with Crippen molar-refractivity contribution in [1.82, 2.24) is 9.55 Å². The molecule has 3 heterocycles.